The van der Waals surface area contributed by atoms with Crippen LogP contribution >= 0.6 is 0 Å². The Bertz CT molecular complexity index is 1420. The summed E-state index contributed by atoms with van der Waals surface area (Å²) in [6.07, 6.45) is 6.13. The maximum absolute atomic E-state index is 13.5. The summed E-state index contributed by atoms with van der Waals surface area (Å²) < 4.78 is 0. The van der Waals surface area contributed by atoms with E-state index in [1.165, 1.54) is 0 Å². The fraction of sp³-hybridized carbons (Fsp3) is 0.286. The van der Waals surface area contributed by atoms with Crippen LogP contribution in [0.15, 0.2) is 41.4 Å². The van der Waals surface area contributed by atoms with Crippen LogP contribution in [-0.4, -0.2) is 50.4 Å². The van der Waals surface area contributed by atoms with Crippen molar-refractivity contribution in [3.63, 3.8) is 0 Å². The van der Waals surface area contributed by atoms with E-state index >= 15 is 0 Å². The van der Waals surface area contributed by atoms with Gasteiger partial charge in [-0.2, -0.15) is 0 Å². The number of aliphatic imine (C=N–C) groups is 1. The third-order valence-corrected chi connectivity index (χ3v) is 6.52. The highest BCUT2D eigenvalue weighted by atomic mass is 16.4. The Kier molecular flexibility index (Phi) is 7.05. The van der Waals surface area contributed by atoms with Gasteiger partial charge in [-0.3, -0.25) is 9.79 Å². The normalized spacial score (nSPS) is 13.6. The predicted molar refractivity (Wildman–Crippen MR) is 135 cm³/mol. The summed E-state index contributed by atoms with van der Waals surface area (Å²) in [6.45, 7) is 2.49. The van der Waals surface area contributed by atoms with E-state index in [1.807, 2.05) is 0 Å². The van der Waals surface area contributed by atoms with Crippen LogP contribution in [0.2, 0.25) is 0 Å². The molecule has 1 aliphatic rings. The number of phenols is 2. The number of carbonyl (C=O) groups excluding carboxylic acids is 1. The molecule has 186 valence electrons. The first-order chi connectivity index (χ1) is 17.3. The van der Waals surface area contributed by atoms with E-state index in [4.69, 9.17) is 0 Å². The average molecular weight is 490 g/mol. The molecule has 0 radical (unpaired) electrons. The molecular formula is C28H27NO7. The fourth-order valence-electron chi connectivity index (χ4n) is 4.71. The minimum absolute atomic E-state index is 0.0223. The Labute approximate surface area is 207 Å². The van der Waals surface area contributed by atoms with Gasteiger partial charge < -0.3 is 20.4 Å². The Morgan fingerprint density at radius 2 is 1.31 bits per heavy atom. The first-order valence-corrected chi connectivity index (χ1v) is 12.0. The number of nitrogens with zero attached hydrogens (tertiary/aromatic N) is 1. The molecule has 3 aromatic rings. The number of unbranched alkanes of at least 4 members (excludes halogenated alkanes) is 5. The van der Waals surface area contributed by atoms with Gasteiger partial charge in [-0.05, 0) is 18.6 Å². The van der Waals surface area contributed by atoms with Gasteiger partial charge in [0.05, 0.1) is 28.0 Å². The van der Waals surface area contributed by atoms with Crippen molar-refractivity contribution >= 4 is 34.2 Å². The van der Waals surface area contributed by atoms with Gasteiger partial charge in [0.25, 0.3) is 0 Å². The fourth-order valence-corrected chi connectivity index (χ4v) is 4.71. The standard InChI is InChI=1S/C28H27NO7/c1-2-3-4-5-6-9-12-29-23-17-13-19(27(33)34)20(28(35)36)14-18(17)26(32)22-21(23)24(30)15-10-7-8-11-16(15)25(22)31/h7-8,10-11,13-14,30-31H,2-6,9,12H2,1H3,(H,33,34)(H,35,36). The van der Waals surface area contributed by atoms with Crippen LogP contribution in [0.4, 0.5) is 0 Å². The van der Waals surface area contributed by atoms with E-state index in [-0.39, 0.29) is 44.9 Å². The van der Waals surface area contributed by atoms with Gasteiger partial charge in [-0.1, -0.05) is 63.3 Å². The number of hydrogen-bond donors (Lipinski definition) is 4. The molecule has 0 heterocycles. The topological polar surface area (TPSA) is 144 Å². The highest BCUT2D eigenvalue weighted by Crippen LogP contribution is 2.45. The molecule has 8 heteroatoms. The number of hydrogen-bond acceptors (Lipinski definition) is 6. The number of phenolic OH excluding ortho intramolecular Hbond substituents is 2. The number of aromatic carboxylic acids is 2. The molecule has 0 bridgehead atoms. The van der Waals surface area contributed by atoms with Gasteiger partial charge in [0, 0.05) is 28.4 Å². The molecule has 0 saturated carbocycles. The number of carboxylic acids is 2. The van der Waals surface area contributed by atoms with E-state index in [0.717, 1.165) is 50.7 Å². The monoisotopic (exact) mass is 489 g/mol. The minimum Gasteiger partial charge on any atom is -0.507 e. The number of carbonyl (C=O) groups is 3. The summed E-state index contributed by atoms with van der Waals surface area (Å²) in [4.78, 5) is 41.8. The maximum Gasteiger partial charge on any atom is 0.336 e. The molecule has 0 spiro atoms. The smallest absolute Gasteiger partial charge is 0.336 e. The molecule has 4 rings (SSSR count). The lowest BCUT2D eigenvalue weighted by Gasteiger charge is -2.25. The predicted octanol–water partition coefficient (Wildman–Crippen LogP) is 5.39. The Morgan fingerprint density at radius 3 is 1.89 bits per heavy atom. The zero-order valence-electron chi connectivity index (χ0n) is 19.9. The second-order valence-corrected chi connectivity index (χ2v) is 8.87. The molecule has 36 heavy (non-hydrogen) atoms. The van der Waals surface area contributed by atoms with Crippen molar-refractivity contribution in [3.05, 3.63) is 69.8 Å². The van der Waals surface area contributed by atoms with Crippen LogP contribution in [-0.2, 0) is 0 Å². The number of ketones is 1. The van der Waals surface area contributed by atoms with E-state index in [0.29, 0.717) is 11.9 Å². The van der Waals surface area contributed by atoms with Crippen molar-refractivity contribution in [3.8, 4) is 11.5 Å². The van der Waals surface area contributed by atoms with Crippen molar-refractivity contribution in [1.82, 2.24) is 0 Å². The number of benzene rings is 3. The van der Waals surface area contributed by atoms with Crippen LogP contribution in [0, 0.1) is 0 Å². The van der Waals surface area contributed by atoms with E-state index in [1.54, 1.807) is 24.3 Å². The average Bonchev–Trinajstić information content (AvgIpc) is 2.86. The lowest BCUT2D eigenvalue weighted by molar-refractivity contribution is 0.0651. The van der Waals surface area contributed by atoms with Crippen LogP contribution < -0.4 is 0 Å². The minimum atomic E-state index is -1.50. The Balaban J connectivity index is 1.92. The van der Waals surface area contributed by atoms with Crippen LogP contribution in [0.3, 0.4) is 0 Å². The summed E-state index contributed by atoms with van der Waals surface area (Å²) in [5.74, 6) is -4.27. The molecule has 0 atom stereocenters. The van der Waals surface area contributed by atoms with Crippen molar-refractivity contribution in [2.24, 2.45) is 4.99 Å². The Morgan fingerprint density at radius 1 is 0.778 bits per heavy atom. The van der Waals surface area contributed by atoms with Crippen LogP contribution in [0.25, 0.3) is 10.8 Å². The van der Waals surface area contributed by atoms with Crippen molar-refractivity contribution in [1.29, 1.82) is 0 Å². The third kappa shape index (κ3) is 4.30. The van der Waals surface area contributed by atoms with Gasteiger partial charge >= 0.3 is 11.9 Å². The highest BCUT2D eigenvalue weighted by molar-refractivity contribution is 6.34. The van der Waals surface area contributed by atoms with E-state index < -0.39 is 28.8 Å². The second kappa shape index (κ2) is 10.2. The molecule has 0 unspecified atom stereocenters. The first kappa shape index (κ1) is 24.9. The number of aromatic hydroxyl groups is 2. The van der Waals surface area contributed by atoms with Crippen molar-refractivity contribution < 1.29 is 34.8 Å². The van der Waals surface area contributed by atoms with E-state index in [2.05, 4.69) is 11.9 Å². The Hall–Kier alpha value is -4.20. The molecule has 4 N–H and O–H groups in total. The molecule has 3 aromatic carbocycles. The number of carboxylic acid groups (broad SMARTS) is 2. The van der Waals surface area contributed by atoms with Gasteiger partial charge in [0.2, 0.25) is 0 Å². The lowest BCUT2D eigenvalue weighted by Crippen LogP contribution is -2.25. The molecule has 1 aliphatic carbocycles. The molecule has 0 fully saturated rings. The summed E-state index contributed by atoms with van der Waals surface area (Å²) in [5, 5.41) is 42.0. The van der Waals surface area contributed by atoms with Gasteiger partial charge in [0.1, 0.15) is 11.5 Å². The van der Waals surface area contributed by atoms with Gasteiger partial charge in [-0.25, -0.2) is 9.59 Å². The molecule has 8 nitrogen and oxygen atoms in total. The third-order valence-electron chi connectivity index (χ3n) is 6.52. The van der Waals surface area contributed by atoms with Gasteiger partial charge in [-0.15, -0.1) is 0 Å². The molecule has 0 aliphatic heterocycles. The summed E-state index contributed by atoms with van der Waals surface area (Å²) in [5.41, 5.74) is -1.01. The maximum atomic E-state index is 13.5. The van der Waals surface area contributed by atoms with Gasteiger partial charge in [0.15, 0.2) is 5.78 Å². The summed E-state index contributed by atoms with van der Waals surface area (Å²) >= 11 is 0. The van der Waals surface area contributed by atoms with Crippen LogP contribution in [0.5, 0.6) is 11.5 Å². The quantitative estimate of drug-likeness (QED) is 0.182. The molecule has 0 aromatic heterocycles. The second-order valence-electron chi connectivity index (χ2n) is 8.87. The molecule has 0 amide bonds. The van der Waals surface area contributed by atoms with Crippen molar-refractivity contribution in [2.45, 2.75) is 45.4 Å². The SMILES string of the molecule is CCCCCCCCN=C1c2cc(C(=O)O)c(C(=O)O)cc2C(=O)c2c1c(O)c1ccccc1c2O. The summed E-state index contributed by atoms with van der Waals surface area (Å²) in [6, 6.07) is 8.64. The van der Waals surface area contributed by atoms with E-state index in [9.17, 15) is 34.8 Å². The summed E-state index contributed by atoms with van der Waals surface area (Å²) in [7, 11) is 0. The number of fused-ring (bicyclic) bond motifs is 3. The molecule has 0 saturated heterocycles. The zero-order chi connectivity index (χ0) is 26.0. The van der Waals surface area contributed by atoms with Crippen LogP contribution in [0.1, 0.15) is 93.2 Å². The lowest BCUT2D eigenvalue weighted by atomic mass is 9.79. The van der Waals surface area contributed by atoms with Crippen molar-refractivity contribution in [2.75, 3.05) is 6.54 Å². The largest absolute Gasteiger partial charge is 0.507 e. The highest BCUT2D eigenvalue weighted by Gasteiger charge is 2.36. The molecular weight excluding hydrogens is 462 g/mol. The number of rotatable bonds is 9. The zero-order valence-corrected chi connectivity index (χ0v) is 19.9. The first-order valence-electron chi connectivity index (χ1n) is 12.0.